The van der Waals surface area contributed by atoms with E-state index in [4.69, 9.17) is 10.8 Å². The molecule has 0 spiro atoms. The molecule has 10 heavy (non-hydrogen) atoms. The molecule has 2 atom stereocenters. The summed E-state index contributed by atoms with van der Waals surface area (Å²) in [5.74, 6) is 0.329. The molecule has 0 aliphatic rings. The van der Waals surface area contributed by atoms with Gasteiger partial charge in [0.2, 0.25) is 0 Å². The topological polar surface area (TPSA) is 46.2 Å². The molecule has 2 nitrogen and oxygen atoms in total. The molecule has 0 aliphatic carbocycles. The van der Waals surface area contributed by atoms with Gasteiger partial charge < -0.3 is 10.8 Å². The van der Waals surface area contributed by atoms with Crippen molar-refractivity contribution in [3.05, 3.63) is 0 Å². The second kappa shape index (κ2) is 3.94. The molecule has 0 saturated heterocycles. The smallest absolute Gasteiger partial charge is 0.0457 e. The van der Waals surface area contributed by atoms with Gasteiger partial charge in [-0.3, -0.25) is 0 Å². The van der Waals surface area contributed by atoms with Crippen molar-refractivity contribution < 1.29 is 5.11 Å². The molecule has 0 bridgehead atoms. The van der Waals surface area contributed by atoms with E-state index in [2.05, 4.69) is 6.92 Å². The first-order chi connectivity index (χ1) is 4.52. The summed E-state index contributed by atoms with van der Waals surface area (Å²) in [7, 11) is 0. The largest absolute Gasteiger partial charge is 0.396 e. The number of hydrogen-bond donors (Lipinski definition) is 2. The van der Waals surface area contributed by atoms with Gasteiger partial charge >= 0.3 is 0 Å². The Morgan fingerprint density at radius 2 is 2.10 bits per heavy atom. The minimum Gasteiger partial charge on any atom is -0.396 e. The number of nitrogens with two attached hydrogens (primary N) is 1. The maximum atomic E-state index is 8.74. The van der Waals surface area contributed by atoms with Gasteiger partial charge in [0.25, 0.3) is 0 Å². The van der Waals surface area contributed by atoms with Crippen LogP contribution in [0.2, 0.25) is 0 Å². The second-order valence-electron chi connectivity index (χ2n) is 3.50. The number of aliphatic hydroxyl groups is 1. The Kier molecular flexibility index (Phi) is 3.91. The Hall–Kier alpha value is -0.0800. The van der Waals surface area contributed by atoms with E-state index in [0.29, 0.717) is 5.92 Å². The predicted molar refractivity (Wildman–Crippen MR) is 43.8 cm³/mol. The Labute approximate surface area is 63.4 Å². The average Bonchev–Trinajstić information content (AvgIpc) is 1.87. The maximum Gasteiger partial charge on any atom is 0.0457 e. The van der Waals surface area contributed by atoms with Crippen molar-refractivity contribution in [2.24, 2.45) is 11.7 Å². The Bertz CT molecular complexity index is 91.3. The highest BCUT2D eigenvalue weighted by atomic mass is 16.3. The van der Waals surface area contributed by atoms with Crippen LogP contribution in [0.15, 0.2) is 0 Å². The molecule has 0 amide bonds. The van der Waals surface area contributed by atoms with Gasteiger partial charge in [0.1, 0.15) is 0 Å². The van der Waals surface area contributed by atoms with E-state index in [1.54, 1.807) is 0 Å². The van der Waals surface area contributed by atoms with Crippen LogP contribution in [0.1, 0.15) is 33.6 Å². The van der Waals surface area contributed by atoms with E-state index in [-0.39, 0.29) is 12.1 Å². The van der Waals surface area contributed by atoms with Crippen molar-refractivity contribution in [1.82, 2.24) is 0 Å². The van der Waals surface area contributed by atoms with Crippen LogP contribution in [0.25, 0.3) is 0 Å². The molecule has 2 heteroatoms. The summed E-state index contributed by atoms with van der Waals surface area (Å²) >= 11 is 0. The van der Waals surface area contributed by atoms with Crippen LogP contribution < -0.4 is 5.73 Å². The highest BCUT2D eigenvalue weighted by Crippen LogP contribution is 2.16. The SMILES string of the molecule is CCC(C)(N)CC(C)CO. The van der Waals surface area contributed by atoms with Crippen LogP contribution >= 0.6 is 0 Å². The first kappa shape index (κ1) is 9.92. The summed E-state index contributed by atoms with van der Waals surface area (Å²) in [6.07, 6.45) is 1.87. The zero-order valence-corrected chi connectivity index (χ0v) is 7.22. The number of rotatable bonds is 4. The van der Waals surface area contributed by atoms with Crippen LogP contribution in [0, 0.1) is 5.92 Å². The van der Waals surface area contributed by atoms with E-state index >= 15 is 0 Å². The van der Waals surface area contributed by atoms with E-state index in [0.717, 1.165) is 12.8 Å². The molecular formula is C8H19NO. The standard InChI is InChI=1S/C8H19NO/c1-4-8(3,9)5-7(2)6-10/h7,10H,4-6,9H2,1-3H3. The molecule has 0 fully saturated rings. The third-order valence-corrected chi connectivity index (χ3v) is 1.93. The lowest BCUT2D eigenvalue weighted by atomic mass is 9.89. The lowest BCUT2D eigenvalue weighted by Crippen LogP contribution is -2.37. The molecule has 0 aromatic carbocycles. The molecule has 2 unspecified atom stereocenters. The molecule has 0 rings (SSSR count). The van der Waals surface area contributed by atoms with Crippen molar-refractivity contribution in [2.45, 2.75) is 39.2 Å². The lowest BCUT2D eigenvalue weighted by Gasteiger charge is -2.25. The molecule has 0 aromatic heterocycles. The molecular weight excluding hydrogens is 126 g/mol. The van der Waals surface area contributed by atoms with Gasteiger partial charge in [-0.2, -0.15) is 0 Å². The molecule has 62 valence electrons. The third kappa shape index (κ3) is 3.85. The van der Waals surface area contributed by atoms with Gasteiger partial charge in [-0.15, -0.1) is 0 Å². The Morgan fingerprint density at radius 1 is 1.60 bits per heavy atom. The van der Waals surface area contributed by atoms with Gasteiger partial charge in [0, 0.05) is 12.1 Å². The molecule has 0 heterocycles. The van der Waals surface area contributed by atoms with E-state index in [1.807, 2.05) is 13.8 Å². The van der Waals surface area contributed by atoms with Crippen LogP contribution in [0.4, 0.5) is 0 Å². The van der Waals surface area contributed by atoms with E-state index < -0.39 is 0 Å². The van der Waals surface area contributed by atoms with Gasteiger partial charge in [-0.05, 0) is 25.7 Å². The van der Waals surface area contributed by atoms with Crippen LogP contribution in [0.5, 0.6) is 0 Å². The minimum atomic E-state index is -0.0951. The Morgan fingerprint density at radius 3 is 2.40 bits per heavy atom. The normalized spacial score (nSPS) is 20.1. The lowest BCUT2D eigenvalue weighted by molar-refractivity contribution is 0.203. The monoisotopic (exact) mass is 145 g/mol. The fourth-order valence-electron chi connectivity index (χ4n) is 1.00. The van der Waals surface area contributed by atoms with Crippen molar-refractivity contribution in [3.8, 4) is 0 Å². The van der Waals surface area contributed by atoms with Gasteiger partial charge in [-0.25, -0.2) is 0 Å². The summed E-state index contributed by atoms with van der Waals surface area (Å²) in [6, 6.07) is 0. The third-order valence-electron chi connectivity index (χ3n) is 1.93. The highest BCUT2D eigenvalue weighted by Gasteiger charge is 2.18. The van der Waals surface area contributed by atoms with Crippen molar-refractivity contribution in [2.75, 3.05) is 6.61 Å². The summed E-state index contributed by atoms with van der Waals surface area (Å²) < 4.78 is 0. The average molecular weight is 145 g/mol. The van der Waals surface area contributed by atoms with Crippen molar-refractivity contribution >= 4 is 0 Å². The van der Waals surface area contributed by atoms with Gasteiger partial charge in [0.05, 0.1) is 0 Å². The number of aliphatic hydroxyl groups excluding tert-OH is 1. The quantitative estimate of drug-likeness (QED) is 0.623. The molecule has 0 radical (unpaired) electrons. The van der Waals surface area contributed by atoms with Gasteiger partial charge in [-0.1, -0.05) is 13.8 Å². The van der Waals surface area contributed by atoms with Gasteiger partial charge in [0.15, 0.2) is 0 Å². The Balaban J connectivity index is 3.64. The zero-order chi connectivity index (χ0) is 8.20. The van der Waals surface area contributed by atoms with Crippen LogP contribution in [-0.4, -0.2) is 17.3 Å². The first-order valence-electron chi connectivity index (χ1n) is 3.91. The predicted octanol–water partition coefficient (Wildman–Crippen LogP) is 1.13. The van der Waals surface area contributed by atoms with Crippen molar-refractivity contribution in [1.29, 1.82) is 0 Å². The minimum absolute atomic E-state index is 0.0951. The fourth-order valence-corrected chi connectivity index (χ4v) is 1.00. The summed E-state index contributed by atoms with van der Waals surface area (Å²) in [6.45, 7) is 6.36. The molecule has 0 saturated carbocycles. The summed E-state index contributed by atoms with van der Waals surface area (Å²) in [4.78, 5) is 0. The molecule has 3 N–H and O–H groups in total. The van der Waals surface area contributed by atoms with Crippen molar-refractivity contribution in [3.63, 3.8) is 0 Å². The van der Waals surface area contributed by atoms with E-state index in [9.17, 15) is 0 Å². The number of hydrogen-bond acceptors (Lipinski definition) is 2. The summed E-state index contributed by atoms with van der Waals surface area (Å²) in [5.41, 5.74) is 5.79. The fraction of sp³-hybridized carbons (Fsp3) is 1.00. The first-order valence-corrected chi connectivity index (χ1v) is 3.91. The van der Waals surface area contributed by atoms with Crippen LogP contribution in [0.3, 0.4) is 0 Å². The molecule has 0 aliphatic heterocycles. The maximum absolute atomic E-state index is 8.74. The second-order valence-corrected chi connectivity index (χ2v) is 3.50. The molecule has 0 aromatic rings. The highest BCUT2D eigenvalue weighted by molar-refractivity contribution is 4.78. The summed E-state index contributed by atoms with van der Waals surface area (Å²) in [5, 5.41) is 8.74. The van der Waals surface area contributed by atoms with E-state index in [1.165, 1.54) is 0 Å². The van der Waals surface area contributed by atoms with Crippen LogP contribution in [-0.2, 0) is 0 Å². The zero-order valence-electron chi connectivity index (χ0n) is 7.22.